The summed E-state index contributed by atoms with van der Waals surface area (Å²) in [4.78, 5) is 23.5. The van der Waals surface area contributed by atoms with Crippen molar-refractivity contribution in [3.05, 3.63) is 0 Å². The minimum absolute atomic E-state index is 0.00799. The number of rotatable bonds is 14. The Hall–Kier alpha value is -0.860. The Balaban J connectivity index is 3.53. The fourth-order valence-corrected chi connectivity index (χ4v) is 2.38. The Morgan fingerprint density at radius 1 is 0.762 bits per heavy atom. The molecular formula is C18H35NO2. The highest BCUT2D eigenvalue weighted by atomic mass is 16.2. The Kier molecular flexibility index (Phi) is 13.5. The van der Waals surface area contributed by atoms with Crippen LogP contribution in [0.4, 0.5) is 0 Å². The number of nitrogens with one attached hydrogen (secondary N) is 1. The van der Waals surface area contributed by atoms with E-state index in [0.29, 0.717) is 12.8 Å². The lowest BCUT2D eigenvalue weighted by molar-refractivity contribution is -0.127. The molecule has 0 heterocycles. The molecule has 21 heavy (non-hydrogen) atoms. The zero-order valence-electron chi connectivity index (χ0n) is 14.4. The summed E-state index contributed by atoms with van der Waals surface area (Å²) in [5.74, 6) is 0.180. The molecule has 3 nitrogen and oxygen atoms in total. The van der Waals surface area contributed by atoms with E-state index >= 15 is 0 Å². The molecule has 0 saturated carbocycles. The van der Waals surface area contributed by atoms with Gasteiger partial charge in [0.1, 0.15) is 0 Å². The van der Waals surface area contributed by atoms with Crippen LogP contribution in [0, 0.1) is 0 Å². The molecule has 0 aromatic carbocycles. The van der Waals surface area contributed by atoms with Gasteiger partial charge in [0.05, 0.1) is 6.04 Å². The van der Waals surface area contributed by atoms with Gasteiger partial charge in [-0.3, -0.25) is 9.59 Å². The van der Waals surface area contributed by atoms with Crippen LogP contribution in [0.25, 0.3) is 0 Å². The summed E-state index contributed by atoms with van der Waals surface area (Å²) in [6.07, 6.45) is 12.9. The SMILES string of the molecule is CCCCCCCCCCC(=O)C(C)NC(=O)CCCC. The van der Waals surface area contributed by atoms with Crippen LogP contribution < -0.4 is 5.32 Å². The second-order valence-electron chi connectivity index (χ2n) is 6.08. The highest BCUT2D eigenvalue weighted by molar-refractivity contribution is 5.88. The van der Waals surface area contributed by atoms with Crippen LogP contribution in [0.15, 0.2) is 0 Å². The Labute approximate surface area is 131 Å². The van der Waals surface area contributed by atoms with Gasteiger partial charge >= 0.3 is 0 Å². The quantitative estimate of drug-likeness (QED) is 0.469. The van der Waals surface area contributed by atoms with Gasteiger partial charge in [-0.1, -0.05) is 65.2 Å². The van der Waals surface area contributed by atoms with E-state index in [1.54, 1.807) is 6.92 Å². The van der Waals surface area contributed by atoms with Gasteiger partial charge in [-0.25, -0.2) is 0 Å². The molecule has 0 bridgehead atoms. The van der Waals surface area contributed by atoms with E-state index in [9.17, 15) is 9.59 Å². The lowest BCUT2D eigenvalue weighted by Crippen LogP contribution is -2.38. The number of ketones is 1. The first kappa shape index (κ1) is 20.1. The standard InChI is InChI=1S/C18H35NO2/c1-4-6-8-9-10-11-12-13-14-17(20)16(3)19-18(21)15-7-5-2/h16H,4-15H2,1-3H3,(H,19,21). The molecule has 124 valence electrons. The topological polar surface area (TPSA) is 46.2 Å². The van der Waals surface area contributed by atoms with Crippen molar-refractivity contribution in [3.8, 4) is 0 Å². The van der Waals surface area contributed by atoms with Gasteiger partial charge < -0.3 is 5.32 Å². The summed E-state index contributed by atoms with van der Waals surface area (Å²) in [7, 11) is 0. The van der Waals surface area contributed by atoms with Gasteiger partial charge in [0.25, 0.3) is 0 Å². The third-order valence-corrected chi connectivity index (χ3v) is 3.89. The smallest absolute Gasteiger partial charge is 0.220 e. The van der Waals surface area contributed by atoms with E-state index in [1.165, 1.54) is 38.5 Å². The van der Waals surface area contributed by atoms with E-state index in [0.717, 1.165) is 25.7 Å². The van der Waals surface area contributed by atoms with Crippen LogP contribution in [0.1, 0.15) is 97.8 Å². The van der Waals surface area contributed by atoms with Gasteiger partial charge in [0.2, 0.25) is 5.91 Å². The fourth-order valence-electron chi connectivity index (χ4n) is 2.38. The van der Waals surface area contributed by atoms with Crippen LogP contribution in [-0.2, 0) is 9.59 Å². The number of carbonyl (C=O) groups excluding carboxylic acids is 2. The third-order valence-electron chi connectivity index (χ3n) is 3.89. The molecule has 3 heteroatoms. The van der Waals surface area contributed by atoms with Crippen LogP contribution in [0.5, 0.6) is 0 Å². The summed E-state index contributed by atoms with van der Waals surface area (Å²) in [6.45, 7) is 6.09. The molecule has 1 amide bonds. The summed E-state index contributed by atoms with van der Waals surface area (Å²) < 4.78 is 0. The molecule has 0 aromatic rings. The number of hydrogen-bond acceptors (Lipinski definition) is 2. The first-order chi connectivity index (χ1) is 10.1. The van der Waals surface area contributed by atoms with Crippen molar-refractivity contribution in [2.75, 3.05) is 0 Å². The van der Waals surface area contributed by atoms with Gasteiger partial charge in [0, 0.05) is 12.8 Å². The average molecular weight is 297 g/mol. The second kappa shape index (κ2) is 14.1. The van der Waals surface area contributed by atoms with Gasteiger partial charge in [0.15, 0.2) is 5.78 Å². The van der Waals surface area contributed by atoms with Crippen molar-refractivity contribution >= 4 is 11.7 Å². The largest absolute Gasteiger partial charge is 0.347 e. The van der Waals surface area contributed by atoms with Crippen molar-refractivity contribution in [2.45, 2.75) is 104 Å². The van der Waals surface area contributed by atoms with E-state index < -0.39 is 0 Å². The zero-order chi connectivity index (χ0) is 15.9. The maximum atomic E-state index is 11.9. The number of carbonyl (C=O) groups is 2. The molecule has 0 saturated heterocycles. The predicted molar refractivity (Wildman–Crippen MR) is 89.4 cm³/mol. The third kappa shape index (κ3) is 12.6. The Bertz CT molecular complexity index is 276. The highest BCUT2D eigenvalue weighted by Crippen LogP contribution is 2.10. The molecule has 0 aliphatic rings. The van der Waals surface area contributed by atoms with Crippen molar-refractivity contribution in [2.24, 2.45) is 0 Å². The minimum Gasteiger partial charge on any atom is -0.347 e. The molecule has 1 unspecified atom stereocenters. The van der Waals surface area contributed by atoms with Crippen molar-refractivity contribution in [1.29, 1.82) is 0 Å². The van der Waals surface area contributed by atoms with Crippen molar-refractivity contribution in [1.82, 2.24) is 5.32 Å². The van der Waals surface area contributed by atoms with Crippen LogP contribution in [-0.4, -0.2) is 17.7 Å². The summed E-state index contributed by atoms with van der Waals surface area (Å²) >= 11 is 0. The normalized spacial score (nSPS) is 12.1. The number of hydrogen-bond donors (Lipinski definition) is 1. The summed E-state index contributed by atoms with van der Waals surface area (Å²) in [5.41, 5.74) is 0. The molecule has 0 aliphatic heterocycles. The molecule has 1 atom stereocenters. The van der Waals surface area contributed by atoms with Gasteiger partial charge in [-0.2, -0.15) is 0 Å². The molecule has 0 fully saturated rings. The Morgan fingerprint density at radius 2 is 1.29 bits per heavy atom. The fraction of sp³-hybridized carbons (Fsp3) is 0.889. The van der Waals surface area contributed by atoms with E-state index in [1.807, 2.05) is 0 Å². The Morgan fingerprint density at radius 3 is 1.86 bits per heavy atom. The minimum atomic E-state index is -0.320. The molecule has 0 radical (unpaired) electrons. The van der Waals surface area contributed by atoms with Gasteiger partial charge in [-0.05, 0) is 19.8 Å². The molecule has 0 rings (SSSR count). The summed E-state index contributed by atoms with van der Waals surface area (Å²) in [6, 6.07) is -0.320. The van der Waals surface area contributed by atoms with Crippen LogP contribution in [0.2, 0.25) is 0 Å². The maximum absolute atomic E-state index is 11.9. The average Bonchev–Trinajstić information content (AvgIpc) is 2.47. The first-order valence-corrected chi connectivity index (χ1v) is 8.93. The first-order valence-electron chi connectivity index (χ1n) is 8.93. The van der Waals surface area contributed by atoms with Crippen molar-refractivity contribution in [3.63, 3.8) is 0 Å². The molecular weight excluding hydrogens is 262 g/mol. The molecule has 0 spiro atoms. The molecule has 0 aliphatic carbocycles. The predicted octanol–water partition coefficient (Wildman–Crippen LogP) is 4.78. The summed E-state index contributed by atoms with van der Waals surface area (Å²) in [5, 5.41) is 2.80. The number of unbranched alkanes of at least 4 members (excludes halogenated alkanes) is 8. The molecule has 0 aromatic heterocycles. The van der Waals surface area contributed by atoms with Crippen LogP contribution >= 0.6 is 0 Å². The van der Waals surface area contributed by atoms with Crippen molar-refractivity contribution < 1.29 is 9.59 Å². The lowest BCUT2D eigenvalue weighted by atomic mass is 10.0. The van der Waals surface area contributed by atoms with E-state index in [4.69, 9.17) is 0 Å². The van der Waals surface area contributed by atoms with Crippen LogP contribution in [0.3, 0.4) is 0 Å². The lowest BCUT2D eigenvalue weighted by Gasteiger charge is -2.12. The second-order valence-corrected chi connectivity index (χ2v) is 6.08. The maximum Gasteiger partial charge on any atom is 0.220 e. The number of Topliss-reactive ketones (excluding diaryl/α,β-unsaturated/α-hetero) is 1. The monoisotopic (exact) mass is 297 g/mol. The highest BCUT2D eigenvalue weighted by Gasteiger charge is 2.14. The van der Waals surface area contributed by atoms with E-state index in [2.05, 4.69) is 19.2 Å². The van der Waals surface area contributed by atoms with E-state index in [-0.39, 0.29) is 17.7 Å². The number of amides is 1. The zero-order valence-corrected chi connectivity index (χ0v) is 14.4. The van der Waals surface area contributed by atoms with Gasteiger partial charge in [-0.15, -0.1) is 0 Å². The molecule has 1 N–H and O–H groups in total.